The van der Waals surface area contributed by atoms with Gasteiger partial charge in [0.25, 0.3) is 0 Å². The summed E-state index contributed by atoms with van der Waals surface area (Å²) >= 11 is 0. The number of nitrogens with one attached hydrogen (secondary N) is 2. The third kappa shape index (κ3) is 7.90. The highest BCUT2D eigenvalue weighted by Gasteiger charge is 2.05. The lowest BCUT2D eigenvalue weighted by atomic mass is 10.2. The van der Waals surface area contributed by atoms with Gasteiger partial charge < -0.3 is 20.1 Å². The lowest BCUT2D eigenvalue weighted by molar-refractivity contribution is 0.311. The second-order valence-corrected chi connectivity index (χ2v) is 5.27. The van der Waals surface area contributed by atoms with Crippen LogP contribution in [-0.4, -0.2) is 37.7 Å². The van der Waals surface area contributed by atoms with E-state index in [1.807, 2.05) is 49.4 Å². The molecule has 2 aromatic rings. The number of halogens is 1. The van der Waals surface area contributed by atoms with Crippen molar-refractivity contribution in [2.45, 2.75) is 19.9 Å². The molecule has 1 heterocycles. The van der Waals surface area contributed by atoms with Crippen molar-refractivity contribution in [1.82, 2.24) is 15.6 Å². The minimum atomic E-state index is 0. The number of pyridine rings is 1. The Kier molecular flexibility index (Phi) is 11.2. The second-order valence-electron chi connectivity index (χ2n) is 5.27. The summed E-state index contributed by atoms with van der Waals surface area (Å²) in [7, 11) is 1.75. The molecule has 0 aliphatic rings. The van der Waals surface area contributed by atoms with Crippen LogP contribution in [0.5, 0.6) is 11.6 Å². The number of aromatic nitrogens is 1. The lowest BCUT2D eigenvalue weighted by Gasteiger charge is -2.14. The first-order valence-electron chi connectivity index (χ1n) is 8.52. The zero-order chi connectivity index (χ0) is 17.7. The minimum Gasteiger partial charge on any atom is -0.494 e. The number of hydrogen-bond donors (Lipinski definition) is 2. The highest BCUT2D eigenvalue weighted by molar-refractivity contribution is 14.0. The number of rotatable bonds is 9. The number of benzene rings is 1. The van der Waals surface area contributed by atoms with Crippen molar-refractivity contribution in [2.24, 2.45) is 4.99 Å². The van der Waals surface area contributed by atoms with E-state index in [-0.39, 0.29) is 24.0 Å². The van der Waals surface area contributed by atoms with Crippen molar-refractivity contribution < 1.29 is 9.47 Å². The molecule has 1 aromatic carbocycles. The molecular weight excluding hydrogens is 443 g/mol. The van der Waals surface area contributed by atoms with Crippen LogP contribution in [0, 0.1) is 0 Å². The zero-order valence-corrected chi connectivity index (χ0v) is 17.6. The normalized spacial score (nSPS) is 10.6. The summed E-state index contributed by atoms with van der Waals surface area (Å²) in [6, 6.07) is 13.7. The van der Waals surface area contributed by atoms with Gasteiger partial charge >= 0.3 is 0 Å². The van der Waals surface area contributed by atoms with Gasteiger partial charge in [0.2, 0.25) is 5.88 Å². The van der Waals surface area contributed by atoms with Crippen molar-refractivity contribution in [1.29, 1.82) is 0 Å². The van der Waals surface area contributed by atoms with Crippen LogP contribution >= 0.6 is 24.0 Å². The van der Waals surface area contributed by atoms with E-state index < -0.39 is 0 Å². The Morgan fingerprint density at radius 2 is 1.88 bits per heavy atom. The van der Waals surface area contributed by atoms with Gasteiger partial charge in [-0.05, 0) is 31.5 Å². The molecule has 7 heteroatoms. The molecule has 0 spiro atoms. The Morgan fingerprint density at radius 3 is 2.62 bits per heavy atom. The Labute approximate surface area is 172 Å². The fourth-order valence-electron chi connectivity index (χ4n) is 2.21. The average Bonchev–Trinajstić information content (AvgIpc) is 2.66. The first kappa shape index (κ1) is 22.0. The van der Waals surface area contributed by atoms with Gasteiger partial charge in [-0.3, -0.25) is 4.99 Å². The molecule has 26 heavy (non-hydrogen) atoms. The summed E-state index contributed by atoms with van der Waals surface area (Å²) in [5.74, 6) is 2.29. The standard InChI is InChI=1S/C19H26N4O2.HI/c1-3-24-18-16(9-7-12-21-18)15-23-19(20-2)22-13-8-14-25-17-10-5-4-6-11-17;/h4-7,9-12H,3,8,13-15H2,1-2H3,(H2,20,22,23);1H. The van der Waals surface area contributed by atoms with Crippen LogP contribution in [-0.2, 0) is 6.54 Å². The van der Waals surface area contributed by atoms with E-state index >= 15 is 0 Å². The van der Waals surface area contributed by atoms with E-state index in [0.717, 1.165) is 30.2 Å². The van der Waals surface area contributed by atoms with Crippen molar-refractivity contribution in [3.63, 3.8) is 0 Å². The van der Waals surface area contributed by atoms with Gasteiger partial charge in [0.05, 0.1) is 13.2 Å². The Morgan fingerprint density at radius 1 is 1.08 bits per heavy atom. The predicted octanol–water partition coefficient (Wildman–Crippen LogP) is 3.23. The van der Waals surface area contributed by atoms with Gasteiger partial charge in [-0.25, -0.2) is 4.98 Å². The van der Waals surface area contributed by atoms with Gasteiger partial charge in [-0.15, -0.1) is 24.0 Å². The number of hydrogen-bond acceptors (Lipinski definition) is 4. The quantitative estimate of drug-likeness (QED) is 0.255. The summed E-state index contributed by atoms with van der Waals surface area (Å²) in [6.45, 7) is 4.58. The molecule has 0 aliphatic carbocycles. The molecule has 142 valence electrons. The maximum atomic E-state index is 5.67. The third-order valence-electron chi connectivity index (χ3n) is 3.43. The van der Waals surface area contributed by atoms with E-state index in [2.05, 4.69) is 20.6 Å². The molecular formula is C19H27IN4O2. The summed E-state index contributed by atoms with van der Waals surface area (Å²) < 4.78 is 11.2. The highest BCUT2D eigenvalue weighted by atomic mass is 127. The van der Waals surface area contributed by atoms with Crippen molar-refractivity contribution in [3.8, 4) is 11.6 Å². The average molecular weight is 470 g/mol. The summed E-state index contributed by atoms with van der Waals surface area (Å²) in [6.07, 6.45) is 2.61. The Bertz CT molecular complexity index is 653. The largest absolute Gasteiger partial charge is 0.494 e. The SMILES string of the molecule is CCOc1ncccc1CNC(=NC)NCCCOc1ccccc1.I. The number of nitrogens with zero attached hydrogens (tertiary/aromatic N) is 2. The lowest BCUT2D eigenvalue weighted by Crippen LogP contribution is -2.37. The van der Waals surface area contributed by atoms with Crippen LogP contribution in [0.1, 0.15) is 18.9 Å². The summed E-state index contributed by atoms with van der Waals surface area (Å²) in [4.78, 5) is 8.48. The van der Waals surface area contributed by atoms with Crippen LogP contribution in [0.3, 0.4) is 0 Å². The molecule has 1 aromatic heterocycles. The van der Waals surface area contributed by atoms with E-state index in [1.54, 1.807) is 13.2 Å². The van der Waals surface area contributed by atoms with Crippen LogP contribution in [0.4, 0.5) is 0 Å². The molecule has 0 unspecified atom stereocenters. The topological polar surface area (TPSA) is 67.8 Å². The molecule has 0 radical (unpaired) electrons. The van der Waals surface area contributed by atoms with Crippen molar-refractivity contribution >= 4 is 29.9 Å². The van der Waals surface area contributed by atoms with Crippen LogP contribution in [0.2, 0.25) is 0 Å². The third-order valence-corrected chi connectivity index (χ3v) is 3.43. The molecule has 0 saturated heterocycles. The maximum Gasteiger partial charge on any atom is 0.218 e. The fraction of sp³-hybridized carbons (Fsp3) is 0.368. The predicted molar refractivity (Wildman–Crippen MR) is 116 cm³/mol. The minimum absolute atomic E-state index is 0. The van der Waals surface area contributed by atoms with Gasteiger partial charge in [-0.1, -0.05) is 24.3 Å². The molecule has 0 fully saturated rings. The number of guanidine groups is 1. The summed E-state index contributed by atoms with van der Waals surface area (Å²) in [5, 5.41) is 6.55. The maximum absolute atomic E-state index is 5.67. The van der Waals surface area contributed by atoms with Crippen molar-refractivity contribution in [2.75, 3.05) is 26.8 Å². The summed E-state index contributed by atoms with van der Waals surface area (Å²) in [5.41, 5.74) is 1.000. The van der Waals surface area contributed by atoms with Crippen LogP contribution in [0.15, 0.2) is 53.7 Å². The number of ether oxygens (including phenoxy) is 2. The van der Waals surface area contributed by atoms with Gasteiger partial charge in [0, 0.05) is 31.9 Å². The first-order valence-corrected chi connectivity index (χ1v) is 8.52. The zero-order valence-electron chi connectivity index (χ0n) is 15.3. The first-order chi connectivity index (χ1) is 12.3. The highest BCUT2D eigenvalue weighted by Crippen LogP contribution is 2.13. The Hall–Kier alpha value is -2.03. The molecule has 2 N–H and O–H groups in total. The monoisotopic (exact) mass is 470 g/mol. The molecule has 0 amide bonds. The van der Waals surface area contributed by atoms with E-state index in [4.69, 9.17) is 9.47 Å². The van der Waals surface area contributed by atoms with Crippen molar-refractivity contribution in [3.05, 3.63) is 54.2 Å². The molecule has 2 rings (SSSR count). The van der Waals surface area contributed by atoms with E-state index in [0.29, 0.717) is 25.6 Å². The smallest absolute Gasteiger partial charge is 0.218 e. The second kappa shape index (κ2) is 13.2. The molecule has 0 atom stereocenters. The molecule has 0 bridgehead atoms. The Balaban J connectivity index is 0.00000338. The molecule has 0 saturated carbocycles. The molecule has 6 nitrogen and oxygen atoms in total. The van der Waals surface area contributed by atoms with Gasteiger partial charge in [0.15, 0.2) is 5.96 Å². The number of para-hydroxylation sites is 1. The van der Waals surface area contributed by atoms with Crippen LogP contribution in [0.25, 0.3) is 0 Å². The van der Waals surface area contributed by atoms with Crippen LogP contribution < -0.4 is 20.1 Å². The molecule has 0 aliphatic heterocycles. The van der Waals surface area contributed by atoms with E-state index in [9.17, 15) is 0 Å². The van der Waals surface area contributed by atoms with Gasteiger partial charge in [-0.2, -0.15) is 0 Å². The fourth-order valence-corrected chi connectivity index (χ4v) is 2.21. The van der Waals surface area contributed by atoms with Gasteiger partial charge in [0.1, 0.15) is 5.75 Å². The number of aliphatic imine (C=N–C) groups is 1. The van der Waals surface area contributed by atoms with E-state index in [1.165, 1.54) is 0 Å².